The SMILES string of the molecule is CCCn1c(S[C@H](C)C(=O)Nc2c(F)cccc2F)nnc1-c1cccc(C)c1. The fourth-order valence-electron chi connectivity index (χ4n) is 2.85. The lowest BCUT2D eigenvalue weighted by atomic mass is 10.1. The number of nitrogens with one attached hydrogen (secondary N) is 1. The lowest BCUT2D eigenvalue weighted by Gasteiger charge is -2.14. The summed E-state index contributed by atoms with van der Waals surface area (Å²) >= 11 is 1.20. The van der Waals surface area contributed by atoms with Gasteiger partial charge in [0.1, 0.15) is 17.3 Å². The van der Waals surface area contributed by atoms with Crippen LogP contribution in [-0.4, -0.2) is 25.9 Å². The Hall–Kier alpha value is -2.74. The number of aryl methyl sites for hydroxylation is 1. The summed E-state index contributed by atoms with van der Waals surface area (Å²) in [5, 5.41) is 10.9. The molecule has 0 aliphatic rings. The maximum atomic E-state index is 13.8. The first-order valence-corrected chi connectivity index (χ1v) is 10.2. The minimum atomic E-state index is -0.813. The highest BCUT2D eigenvalue weighted by molar-refractivity contribution is 8.00. The Morgan fingerprint density at radius 1 is 1.17 bits per heavy atom. The Balaban J connectivity index is 1.81. The van der Waals surface area contributed by atoms with Gasteiger partial charge >= 0.3 is 0 Å². The van der Waals surface area contributed by atoms with Crippen molar-refractivity contribution in [2.45, 2.75) is 44.1 Å². The van der Waals surface area contributed by atoms with Crippen molar-refractivity contribution >= 4 is 23.4 Å². The summed E-state index contributed by atoms with van der Waals surface area (Å²) in [6.07, 6.45) is 0.866. The van der Waals surface area contributed by atoms with Gasteiger partial charge in [0.15, 0.2) is 11.0 Å². The van der Waals surface area contributed by atoms with Crippen LogP contribution in [0.2, 0.25) is 0 Å². The van der Waals surface area contributed by atoms with Gasteiger partial charge in [0.05, 0.1) is 5.25 Å². The van der Waals surface area contributed by atoms with Crippen LogP contribution in [0.3, 0.4) is 0 Å². The van der Waals surface area contributed by atoms with E-state index in [2.05, 4.69) is 15.5 Å². The summed E-state index contributed by atoms with van der Waals surface area (Å²) in [7, 11) is 0. The number of anilines is 1. The van der Waals surface area contributed by atoms with Crippen LogP contribution in [0.25, 0.3) is 11.4 Å². The molecular formula is C21H22F2N4OS. The molecule has 0 fully saturated rings. The zero-order valence-corrected chi connectivity index (χ0v) is 17.3. The number of thioether (sulfide) groups is 1. The van der Waals surface area contributed by atoms with Gasteiger partial charge in [-0.25, -0.2) is 8.78 Å². The standard InChI is InChI=1S/C21H22F2N4OS/c1-4-11-27-19(15-8-5-7-13(2)12-15)25-26-21(27)29-14(3)20(28)24-18-16(22)9-6-10-17(18)23/h5-10,12,14H,4,11H2,1-3H3,(H,24,28)/t14-/m1/s1. The summed E-state index contributed by atoms with van der Waals surface area (Å²) in [5.41, 5.74) is 1.62. The van der Waals surface area contributed by atoms with Crippen molar-refractivity contribution in [2.75, 3.05) is 5.32 Å². The number of carbonyl (C=O) groups excluding carboxylic acids is 1. The summed E-state index contributed by atoms with van der Waals surface area (Å²) in [6, 6.07) is 11.4. The third-order valence-electron chi connectivity index (χ3n) is 4.30. The van der Waals surface area contributed by atoms with Gasteiger partial charge in [-0.3, -0.25) is 4.79 Å². The van der Waals surface area contributed by atoms with Gasteiger partial charge in [-0.15, -0.1) is 10.2 Å². The van der Waals surface area contributed by atoms with Gasteiger partial charge in [0, 0.05) is 12.1 Å². The van der Waals surface area contributed by atoms with Crippen LogP contribution in [0.5, 0.6) is 0 Å². The number of hydrogen-bond donors (Lipinski definition) is 1. The second-order valence-corrected chi connectivity index (χ2v) is 7.98. The maximum absolute atomic E-state index is 13.8. The number of benzene rings is 2. The number of nitrogens with zero attached hydrogens (tertiary/aromatic N) is 3. The van der Waals surface area contributed by atoms with Crippen molar-refractivity contribution in [3.8, 4) is 11.4 Å². The smallest absolute Gasteiger partial charge is 0.237 e. The van der Waals surface area contributed by atoms with E-state index >= 15 is 0 Å². The van der Waals surface area contributed by atoms with E-state index in [-0.39, 0.29) is 0 Å². The number of aromatic nitrogens is 3. The van der Waals surface area contributed by atoms with Crippen molar-refractivity contribution in [2.24, 2.45) is 0 Å². The summed E-state index contributed by atoms with van der Waals surface area (Å²) < 4.78 is 29.6. The molecule has 0 aliphatic carbocycles. The molecule has 2 aromatic carbocycles. The molecule has 0 radical (unpaired) electrons. The van der Waals surface area contributed by atoms with Crippen LogP contribution in [0, 0.1) is 18.6 Å². The number of amides is 1. The van der Waals surface area contributed by atoms with Crippen LogP contribution >= 0.6 is 11.8 Å². The predicted molar refractivity (Wildman–Crippen MR) is 111 cm³/mol. The van der Waals surface area contributed by atoms with Crippen molar-refractivity contribution in [3.05, 3.63) is 59.7 Å². The van der Waals surface area contributed by atoms with E-state index in [1.807, 2.05) is 42.7 Å². The van der Waals surface area contributed by atoms with Gasteiger partial charge in [-0.1, -0.05) is 48.5 Å². The first-order valence-electron chi connectivity index (χ1n) is 9.32. The summed E-state index contributed by atoms with van der Waals surface area (Å²) in [6.45, 7) is 6.41. The van der Waals surface area contributed by atoms with Gasteiger partial charge < -0.3 is 9.88 Å². The molecule has 5 nitrogen and oxygen atoms in total. The van der Waals surface area contributed by atoms with E-state index in [4.69, 9.17) is 0 Å². The topological polar surface area (TPSA) is 59.8 Å². The lowest BCUT2D eigenvalue weighted by molar-refractivity contribution is -0.115. The number of rotatable bonds is 7. The third kappa shape index (κ3) is 4.82. The Bertz CT molecular complexity index is 1000. The average molecular weight is 416 g/mol. The molecule has 1 atom stereocenters. The van der Waals surface area contributed by atoms with Crippen LogP contribution in [0.4, 0.5) is 14.5 Å². The summed E-state index contributed by atoms with van der Waals surface area (Å²) in [5.74, 6) is -1.41. The Morgan fingerprint density at radius 3 is 2.52 bits per heavy atom. The fourth-order valence-corrected chi connectivity index (χ4v) is 3.73. The van der Waals surface area contributed by atoms with Crippen molar-refractivity contribution < 1.29 is 13.6 Å². The van der Waals surface area contributed by atoms with Crippen LogP contribution in [-0.2, 0) is 11.3 Å². The third-order valence-corrected chi connectivity index (χ3v) is 5.38. The van der Waals surface area contributed by atoms with E-state index in [1.165, 1.54) is 17.8 Å². The monoisotopic (exact) mass is 416 g/mol. The Morgan fingerprint density at radius 2 is 1.86 bits per heavy atom. The molecule has 0 bridgehead atoms. The largest absolute Gasteiger partial charge is 0.320 e. The van der Waals surface area contributed by atoms with Gasteiger partial charge in [-0.05, 0) is 38.5 Å². The predicted octanol–water partition coefficient (Wildman–Crippen LogP) is 5.06. The zero-order chi connectivity index (χ0) is 21.0. The quantitative estimate of drug-likeness (QED) is 0.547. The molecule has 0 spiro atoms. The highest BCUT2D eigenvalue weighted by atomic mass is 32.2. The molecule has 1 N–H and O–H groups in total. The molecule has 1 aromatic heterocycles. The number of hydrogen-bond acceptors (Lipinski definition) is 4. The molecule has 1 amide bonds. The van der Waals surface area contributed by atoms with Crippen molar-refractivity contribution in [1.29, 1.82) is 0 Å². The number of para-hydroxylation sites is 1. The van der Waals surface area contributed by atoms with Gasteiger partial charge in [0.25, 0.3) is 0 Å². The van der Waals surface area contributed by atoms with Gasteiger partial charge in [0.2, 0.25) is 5.91 Å². The van der Waals surface area contributed by atoms with E-state index in [0.29, 0.717) is 11.7 Å². The molecule has 8 heteroatoms. The fraction of sp³-hybridized carbons (Fsp3) is 0.286. The minimum absolute atomic E-state index is 0.444. The van der Waals surface area contributed by atoms with Crippen LogP contribution in [0.1, 0.15) is 25.8 Å². The van der Waals surface area contributed by atoms with E-state index < -0.39 is 28.5 Å². The Kier molecular flexibility index (Phi) is 6.64. The second kappa shape index (κ2) is 9.17. The molecule has 1 heterocycles. The number of carbonyl (C=O) groups is 1. The normalized spacial score (nSPS) is 12.0. The average Bonchev–Trinajstić information content (AvgIpc) is 3.07. The lowest BCUT2D eigenvalue weighted by Crippen LogP contribution is -2.24. The highest BCUT2D eigenvalue weighted by Gasteiger charge is 2.22. The minimum Gasteiger partial charge on any atom is -0.320 e. The van der Waals surface area contributed by atoms with Crippen molar-refractivity contribution in [3.63, 3.8) is 0 Å². The molecular weight excluding hydrogens is 394 g/mol. The van der Waals surface area contributed by atoms with Gasteiger partial charge in [-0.2, -0.15) is 0 Å². The second-order valence-electron chi connectivity index (χ2n) is 6.67. The molecule has 29 heavy (non-hydrogen) atoms. The van der Waals surface area contributed by atoms with Crippen molar-refractivity contribution in [1.82, 2.24) is 14.8 Å². The zero-order valence-electron chi connectivity index (χ0n) is 16.4. The molecule has 0 unspecified atom stereocenters. The number of halogens is 2. The van der Waals surface area contributed by atoms with E-state index in [9.17, 15) is 13.6 Å². The molecule has 0 aliphatic heterocycles. The first kappa shape index (κ1) is 21.0. The Labute approximate surface area is 172 Å². The molecule has 0 saturated carbocycles. The first-order chi connectivity index (χ1) is 13.9. The molecule has 152 valence electrons. The van der Waals surface area contributed by atoms with E-state index in [0.717, 1.165) is 35.5 Å². The van der Waals surface area contributed by atoms with Crippen LogP contribution in [0.15, 0.2) is 47.6 Å². The molecule has 3 rings (SSSR count). The molecule has 0 saturated heterocycles. The maximum Gasteiger partial charge on any atom is 0.237 e. The summed E-state index contributed by atoms with van der Waals surface area (Å²) in [4.78, 5) is 12.5. The molecule has 3 aromatic rings. The van der Waals surface area contributed by atoms with E-state index in [1.54, 1.807) is 6.92 Å². The highest BCUT2D eigenvalue weighted by Crippen LogP contribution is 2.28. The van der Waals surface area contributed by atoms with Crippen LogP contribution < -0.4 is 5.32 Å².